The largest absolute Gasteiger partial charge is 0.468 e. The van der Waals surface area contributed by atoms with Crippen molar-refractivity contribution in [2.45, 2.75) is 90.9 Å². The number of H-pyrrole nitrogens is 1. The third-order valence-corrected chi connectivity index (χ3v) is 7.59. The minimum absolute atomic E-state index is 0.0353. The Kier molecular flexibility index (Phi) is 7.32. The summed E-state index contributed by atoms with van der Waals surface area (Å²) in [5.41, 5.74) is 3.93. The number of furan rings is 1. The third-order valence-electron chi connectivity index (χ3n) is 7.59. The molecule has 3 heterocycles. The number of benzene rings is 1. The molecule has 1 aliphatic carbocycles. The van der Waals surface area contributed by atoms with Crippen LogP contribution in [0.15, 0.2) is 45.8 Å². The Morgan fingerprint density at radius 3 is 2.69 bits per heavy atom. The second kappa shape index (κ2) is 10.8. The number of pyridine rings is 1. The molecule has 0 amide bonds. The lowest BCUT2D eigenvalue weighted by Crippen LogP contribution is -2.33. The molecule has 36 heavy (non-hydrogen) atoms. The summed E-state index contributed by atoms with van der Waals surface area (Å²) in [6.07, 6.45) is 9.48. The lowest BCUT2D eigenvalue weighted by atomic mass is 9.95. The van der Waals surface area contributed by atoms with Gasteiger partial charge in [0.25, 0.3) is 5.56 Å². The van der Waals surface area contributed by atoms with Gasteiger partial charge in [-0.3, -0.25) is 9.69 Å². The first-order valence-corrected chi connectivity index (χ1v) is 13.2. The molecule has 0 radical (unpaired) electrons. The summed E-state index contributed by atoms with van der Waals surface area (Å²) in [4.78, 5) is 18.6. The van der Waals surface area contributed by atoms with Crippen molar-refractivity contribution in [2.24, 2.45) is 0 Å². The zero-order valence-corrected chi connectivity index (χ0v) is 21.5. The van der Waals surface area contributed by atoms with Crippen molar-refractivity contribution in [2.75, 3.05) is 0 Å². The summed E-state index contributed by atoms with van der Waals surface area (Å²) in [6.45, 7) is 7.39. The Morgan fingerprint density at radius 2 is 1.94 bits per heavy atom. The molecule has 1 N–H and O–H groups in total. The van der Waals surface area contributed by atoms with Gasteiger partial charge in [0.05, 0.1) is 24.9 Å². The normalized spacial score (nSPS) is 15.7. The molecular formula is C28H36N6O2. The van der Waals surface area contributed by atoms with Crippen molar-refractivity contribution >= 4 is 10.9 Å². The highest BCUT2D eigenvalue weighted by Crippen LogP contribution is 2.33. The average molecular weight is 489 g/mol. The van der Waals surface area contributed by atoms with Crippen molar-refractivity contribution in [1.29, 1.82) is 0 Å². The molecule has 1 aliphatic rings. The number of nitrogens with zero attached hydrogens (tertiary/aromatic N) is 5. The van der Waals surface area contributed by atoms with Crippen molar-refractivity contribution < 1.29 is 4.42 Å². The molecule has 190 valence electrons. The van der Waals surface area contributed by atoms with Crippen molar-refractivity contribution in [3.05, 3.63) is 75.2 Å². The summed E-state index contributed by atoms with van der Waals surface area (Å²) < 4.78 is 7.80. The summed E-state index contributed by atoms with van der Waals surface area (Å²) in [7, 11) is 0. The molecule has 0 spiro atoms. The molecule has 1 fully saturated rings. The number of hydrogen-bond acceptors (Lipinski definition) is 6. The van der Waals surface area contributed by atoms with E-state index in [4.69, 9.17) is 4.42 Å². The van der Waals surface area contributed by atoms with Crippen LogP contribution >= 0.6 is 0 Å². The van der Waals surface area contributed by atoms with Gasteiger partial charge >= 0.3 is 0 Å². The standard InChI is InChI=1S/C28H36N6O2/c1-4-9-26(27-30-31-32-34(27)23-10-6-5-7-11-23)33(18-24-12-8-13-36-24)17-22-16-21-14-19(2)20(3)15-25(21)29-28(22)35/h8,12-16,23,26H,4-7,9-11,17-18H2,1-3H3,(H,29,35)/t26-/m0/s1. The summed E-state index contributed by atoms with van der Waals surface area (Å²) in [6, 6.07) is 10.4. The number of fused-ring (bicyclic) bond motifs is 1. The van der Waals surface area contributed by atoms with Crippen LogP contribution in [0.25, 0.3) is 10.9 Å². The minimum Gasteiger partial charge on any atom is -0.468 e. The molecule has 0 unspecified atom stereocenters. The number of aromatic nitrogens is 5. The monoisotopic (exact) mass is 488 g/mol. The quantitative estimate of drug-likeness (QED) is 0.321. The van der Waals surface area contributed by atoms with E-state index in [-0.39, 0.29) is 11.6 Å². The average Bonchev–Trinajstić information content (AvgIpc) is 3.57. The molecule has 4 aromatic rings. The SMILES string of the molecule is CCC[C@@H](c1nnnn1C1CCCCC1)N(Cc1ccco1)Cc1cc2cc(C)c(C)cc2[nH]c1=O. The second-order valence-electron chi connectivity index (χ2n) is 10.2. The molecule has 1 saturated carbocycles. The smallest absolute Gasteiger partial charge is 0.252 e. The molecule has 0 aliphatic heterocycles. The number of nitrogens with one attached hydrogen (secondary N) is 1. The molecule has 0 saturated heterocycles. The van der Waals surface area contributed by atoms with Gasteiger partial charge in [0, 0.05) is 17.6 Å². The highest BCUT2D eigenvalue weighted by molar-refractivity contribution is 5.80. The van der Waals surface area contributed by atoms with Gasteiger partial charge in [0.2, 0.25) is 0 Å². The van der Waals surface area contributed by atoms with E-state index in [2.05, 4.69) is 63.0 Å². The van der Waals surface area contributed by atoms with Gasteiger partial charge in [0.15, 0.2) is 5.82 Å². The van der Waals surface area contributed by atoms with Crippen molar-refractivity contribution in [3.8, 4) is 0 Å². The van der Waals surface area contributed by atoms with Crippen LogP contribution in [-0.4, -0.2) is 30.1 Å². The number of rotatable bonds is 9. The predicted octanol–water partition coefficient (Wildman–Crippen LogP) is 5.77. The predicted molar refractivity (Wildman–Crippen MR) is 140 cm³/mol. The number of hydrogen-bond donors (Lipinski definition) is 1. The lowest BCUT2D eigenvalue weighted by molar-refractivity contribution is 0.139. The Hall–Kier alpha value is -3.26. The Labute approximate surface area is 211 Å². The zero-order chi connectivity index (χ0) is 25.1. The van der Waals surface area contributed by atoms with Crippen LogP contribution in [-0.2, 0) is 13.1 Å². The van der Waals surface area contributed by atoms with E-state index in [0.29, 0.717) is 19.1 Å². The first kappa shape index (κ1) is 24.4. The van der Waals surface area contributed by atoms with E-state index in [0.717, 1.165) is 53.7 Å². The molecule has 3 aromatic heterocycles. The second-order valence-corrected chi connectivity index (χ2v) is 10.2. The van der Waals surface area contributed by atoms with Crippen LogP contribution in [0.4, 0.5) is 0 Å². The van der Waals surface area contributed by atoms with Gasteiger partial charge in [-0.25, -0.2) is 4.68 Å². The van der Waals surface area contributed by atoms with Crippen LogP contribution in [0.3, 0.4) is 0 Å². The summed E-state index contributed by atoms with van der Waals surface area (Å²) in [5.74, 6) is 1.75. The third kappa shape index (κ3) is 5.14. The van der Waals surface area contributed by atoms with Crippen LogP contribution in [0.2, 0.25) is 0 Å². The highest BCUT2D eigenvalue weighted by atomic mass is 16.3. The van der Waals surface area contributed by atoms with E-state index in [1.807, 2.05) is 18.2 Å². The van der Waals surface area contributed by atoms with E-state index >= 15 is 0 Å². The maximum Gasteiger partial charge on any atom is 0.252 e. The van der Waals surface area contributed by atoms with Crippen molar-refractivity contribution in [3.63, 3.8) is 0 Å². The first-order valence-electron chi connectivity index (χ1n) is 13.2. The Bertz CT molecular complexity index is 1350. The fraction of sp³-hybridized carbons (Fsp3) is 0.500. The first-order chi connectivity index (χ1) is 17.5. The van der Waals surface area contributed by atoms with Gasteiger partial charge in [-0.15, -0.1) is 5.10 Å². The number of aryl methyl sites for hydroxylation is 2. The van der Waals surface area contributed by atoms with Gasteiger partial charge in [-0.1, -0.05) is 32.6 Å². The molecule has 5 rings (SSSR count). The van der Waals surface area contributed by atoms with Gasteiger partial charge in [0.1, 0.15) is 5.76 Å². The number of tetrazole rings is 1. The van der Waals surface area contributed by atoms with Crippen LogP contribution < -0.4 is 5.56 Å². The summed E-state index contributed by atoms with van der Waals surface area (Å²) >= 11 is 0. The highest BCUT2D eigenvalue weighted by Gasteiger charge is 2.30. The van der Waals surface area contributed by atoms with Crippen LogP contribution in [0.5, 0.6) is 0 Å². The maximum absolute atomic E-state index is 13.2. The maximum atomic E-state index is 13.2. The molecule has 8 heteroatoms. The molecule has 8 nitrogen and oxygen atoms in total. The van der Waals surface area contributed by atoms with Crippen LogP contribution in [0.1, 0.15) is 92.2 Å². The van der Waals surface area contributed by atoms with E-state index < -0.39 is 0 Å². The molecule has 0 bridgehead atoms. The minimum atomic E-state index is -0.0580. The van der Waals surface area contributed by atoms with Crippen molar-refractivity contribution in [1.82, 2.24) is 30.1 Å². The summed E-state index contributed by atoms with van der Waals surface area (Å²) in [5, 5.41) is 14.1. The Balaban J connectivity index is 1.53. The van der Waals surface area contributed by atoms with E-state index in [1.165, 1.54) is 30.4 Å². The van der Waals surface area contributed by atoms with Gasteiger partial charge in [-0.2, -0.15) is 0 Å². The van der Waals surface area contributed by atoms with Gasteiger partial charge in [-0.05, 0) is 90.4 Å². The fourth-order valence-corrected chi connectivity index (χ4v) is 5.49. The van der Waals surface area contributed by atoms with E-state index in [9.17, 15) is 4.79 Å². The fourth-order valence-electron chi connectivity index (χ4n) is 5.49. The molecule has 1 atom stereocenters. The molecule has 1 aromatic carbocycles. The Morgan fingerprint density at radius 1 is 1.14 bits per heavy atom. The van der Waals surface area contributed by atoms with Gasteiger partial charge < -0.3 is 9.40 Å². The zero-order valence-electron chi connectivity index (χ0n) is 21.5. The number of aromatic amines is 1. The van der Waals surface area contributed by atoms with E-state index in [1.54, 1.807) is 6.26 Å². The molecular weight excluding hydrogens is 452 g/mol. The lowest BCUT2D eigenvalue weighted by Gasteiger charge is -2.32. The van der Waals surface area contributed by atoms with Crippen LogP contribution in [0, 0.1) is 13.8 Å². The topological polar surface area (TPSA) is 92.8 Å².